The summed E-state index contributed by atoms with van der Waals surface area (Å²) in [5.74, 6) is -6.20. The van der Waals surface area contributed by atoms with Crippen LogP contribution in [0.15, 0.2) is 23.1 Å². The second-order valence-corrected chi connectivity index (χ2v) is 5.49. The molecule has 10 heteroatoms. The number of sulfonamides is 1. The van der Waals surface area contributed by atoms with E-state index >= 15 is 0 Å². The number of halogens is 2. The maximum absolute atomic E-state index is 13.4. The van der Waals surface area contributed by atoms with Gasteiger partial charge in [-0.15, -0.1) is 0 Å². The molecule has 0 saturated heterocycles. The van der Waals surface area contributed by atoms with Crippen molar-refractivity contribution in [1.82, 2.24) is 4.31 Å². The van der Waals surface area contributed by atoms with Crippen LogP contribution < -0.4 is 0 Å². The van der Waals surface area contributed by atoms with E-state index in [0.29, 0.717) is 12.1 Å². The summed E-state index contributed by atoms with van der Waals surface area (Å²) in [6.07, 6.45) is 0. The topological polar surface area (TPSA) is 112 Å². The van der Waals surface area contributed by atoms with Crippen LogP contribution in [0.25, 0.3) is 0 Å². The first-order chi connectivity index (χ1) is 9.16. The van der Waals surface area contributed by atoms with Gasteiger partial charge in [0.05, 0.1) is 0 Å². The van der Waals surface area contributed by atoms with Crippen molar-refractivity contribution in [2.75, 3.05) is 13.1 Å². The van der Waals surface area contributed by atoms with Crippen molar-refractivity contribution in [2.45, 2.75) is 4.90 Å². The van der Waals surface area contributed by atoms with Crippen LogP contribution in [0.5, 0.6) is 0 Å². The fraction of sp³-hybridized carbons (Fsp3) is 0.200. The predicted molar refractivity (Wildman–Crippen MR) is 60.4 cm³/mol. The standard InChI is InChI=1S/C10H9F2NO6S/c11-6-2-1-3-7(12)10(6)20(18,19)13(4-8(14)15)5-9(16)17/h1-3H,4-5H2,(H,14,15)(H,16,17). The molecule has 1 rings (SSSR count). The minimum atomic E-state index is -4.93. The largest absolute Gasteiger partial charge is 0.480 e. The third-order valence-corrected chi connectivity index (χ3v) is 3.98. The number of carboxylic acids is 2. The van der Waals surface area contributed by atoms with Crippen LogP contribution in [0.3, 0.4) is 0 Å². The van der Waals surface area contributed by atoms with E-state index in [9.17, 15) is 26.8 Å². The van der Waals surface area contributed by atoms with Crippen molar-refractivity contribution >= 4 is 22.0 Å². The summed E-state index contributed by atoms with van der Waals surface area (Å²) in [4.78, 5) is 19.7. The lowest BCUT2D eigenvalue weighted by atomic mass is 10.3. The number of aliphatic carboxylic acids is 2. The highest BCUT2D eigenvalue weighted by Gasteiger charge is 2.33. The SMILES string of the molecule is O=C(O)CN(CC(=O)O)S(=O)(=O)c1c(F)cccc1F. The van der Waals surface area contributed by atoms with E-state index in [1.54, 1.807) is 0 Å². The molecule has 0 aliphatic heterocycles. The molecule has 0 atom stereocenters. The van der Waals surface area contributed by atoms with Crippen LogP contribution >= 0.6 is 0 Å². The smallest absolute Gasteiger partial charge is 0.318 e. The van der Waals surface area contributed by atoms with Gasteiger partial charge in [0.2, 0.25) is 10.0 Å². The summed E-state index contributed by atoms with van der Waals surface area (Å²) in [6, 6.07) is 2.24. The Morgan fingerprint density at radius 1 is 1.05 bits per heavy atom. The molecule has 0 aromatic heterocycles. The molecular weight excluding hydrogens is 300 g/mol. The van der Waals surface area contributed by atoms with Gasteiger partial charge < -0.3 is 10.2 Å². The van der Waals surface area contributed by atoms with Gasteiger partial charge in [0.15, 0.2) is 4.90 Å². The second kappa shape index (κ2) is 5.92. The molecule has 0 unspecified atom stereocenters. The van der Waals surface area contributed by atoms with Gasteiger partial charge >= 0.3 is 11.9 Å². The minimum absolute atomic E-state index is 0.0425. The monoisotopic (exact) mass is 309 g/mol. The maximum Gasteiger partial charge on any atom is 0.318 e. The van der Waals surface area contributed by atoms with Gasteiger partial charge in [-0.1, -0.05) is 6.07 Å². The molecule has 0 aliphatic carbocycles. The van der Waals surface area contributed by atoms with Crippen molar-refractivity contribution < 1.29 is 37.0 Å². The van der Waals surface area contributed by atoms with E-state index in [4.69, 9.17) is 10.2 Å². The summed E-state index contributed by atoms with van der Waals surface area (Å²) in [7, 11) is -4.93. The van der Waals surface area contributed by atoms with E-state index in [0.717, 1.165) is 6.07 Å². The molecule has 20 heavy (non-hydrogen) atoms. The van der Waals surface area contributed by atoms with E-state index < -0.39 is 51.6 Å². The lowest BCUT2D eigenvalue weighted by Gasteiger charge is -2.18. The third kappa shape index (κ3) is 3.48. The zero-order valence-electron chi connectivity index (χ0n) is 9.79. The normalized spacial score (nSPS) is 11.6. The molecule has 1 aromatic carbocycles. The van der Waals surface area contributed by atoms with Crippen molar-refractivity contribution in [3.05, 3.63) is 29.8 Å². The molecule has 0 radical (unpaired) electrons. The van der Waals surface area contributed by atoms with E-state index in [2.05, 4.69) is 0 Å². The molecule has 0 bridgehead atoms. The van der Waals surface area contributed by atoms with Crippen molar-refractivity contribution in [1.29, 1.82) is 0 Å². The van der Waals surface area contributed by atoms with Gasteiger partial charge in [0, 0.05) is 0 Å². The first kappa shape index (κ1) is 16.0. The van der Waals surface area contributed by atoms with Gasteiger partial charge in [-0.2, -0.15) is 4.31 Å². The number of hydrogen-bond acceptors (Lipinski definition) is 4. The molecule has 0 aliphatic rings. The average Bonchev–Trinajstić information content (AvgIpc) is 2.26. The molecule has 0 saturated carbocycles. The van der Waals surface area contributed by atoms with E-state index in [-0.39, 0.29) is 4.31 Å². The van der Waals surface area contributed by atoms with Crippen LogP contribution in [0.1, 0.15) is 0 Å². The molecule has 1 aromatic rings. The van der Waals surface area contributed by atoms with E-state index in [1.165, 1.54) is 0 Å². The third-order valence-electron chi connectivity index (χ3n) is 2.14. The Balaban J connectivity index is 3.36. The molecule has 7 nitrogen and oxygen atoms in total. The lowest BCUT2D eigenvalue weighted by molar-refractivity contribution is -0.139. The van der Waals surface area contributed by atoms with Crippen LogP contribution in [0, 0.1) is 11.6 Å². The summed E-state index contributed by atoms with van der Waals surface area (Å²) in [6.45, 7) is -2.47. The highest BCUT2D eigenvalue weighted by Crippen LogP contribution is 2.22. The Morgan fingerprint density at radius 2 is 1.45 bits per heavy atom. The second-order valence-electron chi connectivity index (χ2n) is 3.61. The minimum Gasteiger partial charge on any atom is -0.480 e. The van der Waals surface area contributed by atoms with Crippen molar-refractivity contribution in [3.8, 4) is 0 Å². The number of benzene rings is 1. The van der Waals surface area contributed by atoms with Gasteiger partial charge in [-0.25, -0.2) is 17.2 Å². The summed E-state index contributed by atoms with van der Waals surface area (Å²) >= 11 is 0. The summed E-state index contributed by atoms with van der Waals surface area (Å²) < 4.78 is 50.8. The van der Waals surface area contributed by atoms with Gasteiger partial charge in [0.1, 0.15) is 24.7 Å². The molecular formula is C10H9F2NO6S. The lowest BCUT2D eigenvalue weighted by Crippen LogP contribution is -2.40. The summed E-state index contributed by atoms with van der Waals surface area (Å²) in [5, 5.41) is 17.1. The molecule has 0 amide bonds. The highest BCUT2D eigenvalue weighted by molar-refractivity contribution is 7.89. The number of carbonyl (C=O) groups is 2. The van der Waals surface area contributed by atoms with Gasteiger partial charge in [-0.3, -0.25) is 9.59 Å². The molecule has 0 spiro atoms. The predicted octanol–water partition coefficient (Wildman–Crippen LogP) is 0.125. The number of nitrogens with zero attached hydrogens (tertiary/aromatic N) is 1. The first-order valence-corrected chi connectivity index (χ1v) is 6.48. The number of rotatable bonds is 6. The molecule has 2 N–H and O–H groups in total. The summed E-state index contributed by atoms with van der Waals surface area (Å²) in [5.41, 5.74) is 0. The van der Waals surface area contributed by atoms with Crippen LogP contribution in [-0.4, -0.2) is 48.0 Å². The van der Waals surface area contributed by atoms with Crippen molar-refractivity contribution in [3.63, 3.8) is 0 Å². The Hall–Kier alpha value is -2.07. The fourth-order valence-corrected chi connectivity index (χ4v) is 2.83. The Morgan fingerprint density at radius 3 is 1.80 bits per heavy atom. The number of carboxylic acid groups (broad SMARTS) is 2. The zero-order chi connectivity index (χ0) is 15.5. The molecule has 0 fully saturated rings. The Labute approximate surface area is 112 Å². The Kier molecular flexibility index (Phi) is 4.73. The van der Waals surface area contributed by atoms with Crippen molar-refractivity contribution in [2.24, 2.45) is 0 Å². The van der Waals surface area contributed by atoms with Gasteiger partial charge in [0.25, 0.3) is 0 Å². The van der Waals surface area contributed by atoms with Crippen LogP contribution in [0.4, 0.5) is 8.78 Å². The first-order valence-electron chi connectivity index (χ1n) is 5.04. The fourth-order valence-electron chi connectivity index (χ4n) is 1.39. The zero-order valence-corrected chi connectivity index (χ0v) is 10.6. The van der Waals surface area contributed by atoms with Gasteiger partial charge in [-0.05, 0) is 12.1 Å². The van der Waals surface area contributed by atoms with Crippen LogP contribution in [0.2, 0.25) is 0 Å². The maximum atomic E-state index is 13.4. The Bertz CT molecular complexity index is 609. The van der Waals surface area contributed by atoms with Crippen LogP contribution in [-0.2, 0) is 19.6 Å². The van der Waals surface area contributed by atoms with E-state index in [1.807, 2.05) is 0 Å². The quantitative estimate of drug-likeness (QED) is 0.772. The molecule has 110 valence electrons. The highest BCUT2D eigenvalue weighted by atomic mass is 32.2. The molecule has 0 heterocycles. The number of hydrogen-bond donors (Lipinski definition) is 2. The average molecular weight is 309 g/mol.